The van der Waals surface area contributed by atoms with Crippen LogP contribution in [0, 0.1) is 0 Å². The topological polar surface area (TPSA) is 17.1 Å². The molecule has 0 aromatic heterocycles. The van der Waals surface area contributed by atoms with E-state index in [-0.39, 0.29) is 5.78 Å². The van der Waals surface area contributed by atoms with Crippen LogP contribution in [0.1, 0.15) is 28.4 Å². The van der Waals surface area contributed by atoms with E-state index in [9.17, 15) is 4.79 Å². The second kappa shape index (κ2) is 5.46. The minimum absolute atomic E-state index is 0.103. The van der Waals surface area contributed by atoms with Gasteiger partial charge in [-0.05, 0) is 30.0 Å². The molecule has 0 aliphatic rings. The quantitative estimate of drug-likeness (QED) is 0.729. The lowest BCUT2D eigenvalue weighted by molar-refractivity contribution is 0.101. The van der Waals surface area contributed by atoms with Crippen LogP contribution < -0.4 is 0 Å². The Labute approximate surface area is 108 Å². The molecule has 0 N–H and O–H groups in total. The lowest BCUT2D eigenvalue weighted by atomic mass is 9.95. The van der Waals surface area contributed by atoms with Crippen molar-refractivity contribution in [1.29, 1.82) is 0 Å². The van der Waals surface area contributed by atoms with E-state index < -0.39 is 0 Å². The van der Waals surface area contributed by atoms with E-state index in [1.54, 1.807) is 6.92 Å². The zero-order valence-electron chi connectivity index (χ0n) is 10.5. The van der Waals surface area contributed by atoms with Gasteiger partial charge in [-0.3, -0.25) is 4.79 Å². The maximum absolute atomic E-state index is 11.6. The number of benzene rings is 2. The van der Waals surface area contributed by atoms with Crippen LogP contribution in [-0.2, 0) is 6.42 Å². The van der Waals surface area contributed by atoms with Gasteiger partial charge in [0.2, 0.25) is 0 Å². The molecule has 1 nitrogen and oxygen atoms in total. The largest absolute Gasteiger partial charge is 0.295 e. The highest BCUT2D eigenvalue weighted by Gasteiger charge is 2.08. The van der Waals surface area contributed by atoms with Crippen molar-refractivity contribution in [2.75, 3.05) is 0 Å². The van der Waals surface area contributed by atoms with Gasteiger partial charge in [-0.15, -0.1) is 0 Å². The van der Waals surface area contributed by atoms with Crippen molar-refractivity contribution in [3.8, 4) is 0 Å². The molecule has 90 valence electrons. The van der Waals surface area contributed by atoms with Crippen LogP contribution in [0.3, 0.4) is 0 Å². The van der Waals surface area contributed by atoms with E-state index in [4.69, 9.17) is 0 Å². The Kier molecular flexibility index (Phi) is 3.73. The standard InChI is InChI=1S/C17H16O/c1-13(15-8-4-3-5-9-15)12-16-10-6-7-11-17(16)14(2)18/h3-11H,1,12H2,2H3. The first-order valence-corrected chi connectivity index (χ1v) is 6.00. The monoisotopic (exact) mass is 236 g/mol. The van der Waals surface area contributed by atoms with Crippen LogP contribution in [-0.4, -0.2) is 5.78 Å². The Morgan fingerprint density at radius 3 is 2.28 bits per heavy atom. The second-order valence-corrected chi connectivity index (χ2v) is 4.36. The van der Waals surface area contributed by atoms with Gasteiger partial charge in [0.15, 0.2) is 5.78 Å². The molecule has 0 bridgehead atoms. The number of carbonyl (C=O) groups excluding carboxylic acids is 1. The molecule has 0 radical (unpaired) electrons. The number of rotatable bonds is 4. The molecule has 0 fully saturated rings. The lowest BCUT2D eigenvalue weighted by Crippen LogP contribution is -2.00. The van der Waals surface area contributed by atoms with Crippen LogP contribution in [0.2, 0.25) is 0 Å². The fourth-order valence-electron chi connectivity index (χ4n) is 2.02. The van der Waals surface area contributed by atoms with Crippen molar-refractivity contribution < 1.29 is 4.79 Å². The Hall–Kier alpha value is -2.15. The Morgan fingerprint density at radius 1 is 1.00 bits per heavy atom. The highest BCUT2D eigenvalue weighted by Crippen LogP contribution is 2.20. The molecular weight excluding hydrogens is 220 g/mol. The summed E-state index contributed by atoms with van der Waals surface area (Å²) in [5, 5.41) is 0. The van der Waals surface area contributed by atoms with Crippen molar-refractivity contribution >= 4 is 11.4 Å². The summed E-state index contributed by atoms with van der Waals surface area (Å²) in [5.41, 5.74) is 3.98. The molecule has 0 unspecified atom stereocenters. The van der Waals surface area contributed by atoms with E-state index in [0.717, 1.165) is 22.3 Å². The second-order valence-electron chi connectivity index (χ2n) is 4.36. The SMILES string of the molecule is C=C(Cc1ccccc1C(C)=O)c1ccccc1. The van der Waals surface area contributed by atoms with E-state index in [2.05, 4.69) is 6.58 Å². The molecule has 0 aliphatic heterocycles. The molecular formula is C17H16O. The Balaban J connectivity index is 2.25. The van der Waals surface area contributed by atoms with Gasteiger partial charge in [-0.25, -0.2) is 0 Å². The normalized spacial score (nSPS) is 10.1. The molecule has 0 heterocycles. The third-order valence-electron chi connectivity index (χ3n) is 2.98. The molecule has 0 spiro atoms. The van der Waals surface area contributed by atoms with Crippen molar-refractivity contribution in [1.82, 2.24) is 0 Å². The summed E-state index contributed by atoms with van der Waals surface area (Å²) in [6.07, 6.45) is 0.708. The average Bonchev–Trinajstić information content (AvgIpc) is 2.40. The summed E-state index contributed by atoms with van der Waals surface area (Å²) in [6, 6.07) is 17.8. The van der Waals surface area contributed by atoms with Crippen molar-refractivity contribution in [2.45, 2.75) is 13.3 Å². The van der Waals surface area contributed by atoms with Gasteiger partial charge < -0.3 is 0 Å². The molecule has 0 saturated carbocycles. The number of Topliss-reactive ketones (excluding diaryl/α,β-unsaturated/α-hetero) is 1. The predicted octanol–water partition coefficient (Wildman–Crippen LogP) is 4.15. The summed E-state index contributed by atoms with van der Waals surface area (Å²) in [5.74, 6) is 0.103. The first-order valence-electron chi connectivity index (χ1n) is 6.00. The first-order chi connectivity index (χ1) is 8.68. The van der Waals surface area contributed by atoms with E-state index in [1.807, 2.05) is 54.6 Å². The molecule has 2 rings (SSSR count). The molecule has 0 atom stereocenters. The van der Waals surface area contributed by atoms with Crippen LogP contribution in [0.5, 0.6) is 0 Å². The highest BCUT2D eigenvalue weighted by molar-refractivity contribution is 5.96. The van der Waals surface area contributed by atoms with Gasteiger partial charge in [0.05, 0.1) is 0 Å². The van der Waals surface area contributed by atoms with Crippen molar-refractivity contribution in [2.24, 2.45) is 0 Å². The molecule has 2 aromatic rings. The Morgan fingerprint density at radius 2 is 1.61 bits per heavy atom. The van der Waals surface area contributed by atoms with Crippen LogP contribution in [0.25, 0.3) is 5.57 Å². The summed E-state index contributed by atoms with van der Waals surface area (Å²) in [7, 11) is 0. The van der Waals surface area contributed by atoms with Gasteiger partial charge in [0.25, 0.3) is 0 Å². The van der Waals surface area contributed by atoms with Gasteiger partial charge in [-0.2, -0.15) is 0 Å². The average molecular weight is 236 g/mol. The summed E-state index contributed by atoms with van der Waals surface area (Å²) >= 11 is 0. The van der Waals surface area contributed by atoms with Gasteiger partial charge >= 0.3 is 0 Å². The van der Waals surface area contributed by atoms with Gasteiger partial charge in [0.1, 0.15) is 0 Å². The minimum atomic E-state index is 0.103. The zero-order chi connectivity index (χ0) is 13.0. The van der Waals surface area contributed by atoms with Gasteiger partial charge in [-0.1, -0.05) is 61.2 Å². The van der Waals surface area contributed by atoms with Crippen LogP contribution in [0.4, 0.5) is 0 Å². The molecule has 18 heavy (non-hydrogen) atoms. The molecule has 2 aromatic carbocycles. The number of allylic oxidation sites excluding steroid dienone is 1. The third kappa shape index (κ3) is 2.75. The molecule has 1 heteroatoms. The van der Waals surface area contributed by atoms with E-state index in [0.29, 0.717) is 6.42 Å². The predicted molar refractivity (Wildman–Crippen MR) is 75.6 cm³/mol. The van der Waals surface area contributed by atoms with Crippen LogP contribution in [0.15, 0.2) is 61.2 Å². The minimum Gasteiger partial charge on any atom is -0.295 e. The fourth-order valence-corrected chi connectivity index (χ4v) is 2.02. The fraction of sp³-hybridized carbons (Fsp3) is 0.118. The summed E-state index contributed by atoms with van der Waals surface area (Å²) < 4.78 is 0. The Bertz CT molecular complexity index is 567. The maximum Gasteiger partial charge on any atom is 0.160 e. The third-order valence-corrected chi connectivity index (χ3v) is 2.98. The number of hydrogen-bond acceptors (Lipinski definition) is 1. The van der Waals surface area contributed by atoms with Crippen molar-refractivity contribution in [3.05, 3.63) is 77.9 Å². The molecule has 0 saturated heterocycles. The van der Waals surface area contributed by atoms with Crippen LogP contribution >= 0.6 is 0 Å². The lowest BCUT2D eigenvalue weighted by Gasteiger charge is -2.09. The maximum atomic E-state index is 11.6. The number of carbonyl (C=O) groups is 1. The number of ketones is 1. The smallest absolute Gasteiger partial charge is 0.160 e. The van der Waals surface area contributed by atoms with Gasteiger partial charge in [0, 0.05) is 5.56 Å². The van der Waals surface area contributed by atoms with E-state index >= 15 is 0 Å². The summed E-state index contributed by atoms with van der Waals surface area (Å²) in [6.45, 7) is 5.71. The van der Waals surface area contributed by atoms with E-state index in [1.165, 1.54) is 0 Å². The summed E-state index contributed by atoms with van der Waals surface area (Å²) in [4.78, 5) is 11.6. The first kappa shape index (κ1) is 12.3. The zero-order valence-corrected chi connectivity index (χ0v) is 10.5. The molecule has 0 aliphatic carbocycles. The van der Waals surface area contributed by atoms with Crippen molar-refractivity contribution in [3.63, 3.8) is 0 Å². The number of hydrogen-bond donors (Lipinski definition) is 0. The highest BCUT2D eigenvalue weighted by atomic mass is 16.1. The molecule has 0 amide bonds.